The molecule has 2 N–H and O–H groups in total. The minimum absolute atomic E-state index is 0.0445. The lowest BCUT2D eigenvalue weighted by Crippen LogP contribution is -2.41. The average molecular weight is 421 g/mol. The average Bonchev–Trinajstić information content (AvgIpc) is 2.68. The van der Waals surface area contributed by atoms with E-state index in [1.165, 1.54) is 0 Å². The number of hydrogen-bond donors (Lipinski definition) is 2. The van der Waals surface area contributed by atoms with Crippen LogP contribution in [0.4, 0.5) is 0 Å². The first-order valence-electron chi connectivity index (χ1n) is 10.2. The van der Waals surface area contributed by atoms with Crippen molar-refractivity contribution in [3.8, 4) is 0 Å². The van der Waals surface area contributed by atoms with E-state index in [1.807, 2.05) is 13.8 Å². The number of carbonyl (C=O) groups is 1. The SMILES string of the molecule is CC(C)OCCCNC(=O)C1CCN(Cc2nc3ccc(Cl)cc3c(=O)[nH]2)CC1. The number of H-pyrrole nitrogens is 1. The monoisotopic (exact) mass is 420 g/mol. The summed E-state index contributed by atoms with van der Waals surface area (Å²) in [5.74, 6) is 0.809. The molecule has 1 saturated heterocycles. The van der Waals surface area contributed by atoms with E-state index in [9.17, 15) is 9.59 Å². The number of amides is 1. The molecule has 0 atom stereocenters. The van der Waals surface area contributed by atoms with Crippen LogP contribution in [0.2, 0.25) is 5.02 Å². The van der Waals surface area contributed by atoms with E-state index in [0.29, 0.717) is 41.4 Å². The first-order valence-corrected chi connectivity index (χ1v) is 10.6. The number of halogens is 1. The van der Waals surface area contributed by atoms with Gasteiger partial charge in [-0.3, -0.25) is 14.5 Å². The minimum Gasteiger partial charge on any atom is -0.379 e. The van der Waals surface area contributed by atoms with Crippen molar-refractivity contribution in [2.75, 3.05) is 26.2 Å². The molecule has 2 aromatic rings. The Morgan fingerprint density at radius 2 is 2.14 bits per heavy atom. The molecule has 0 unspecified atom stereocenters. The van der Waals surface area contributed by atoms with Crippen LogP contribution in [0, 0.1) is 5.92 Å². The van der Waals surface area contributed by atoms with Crippen molar-refractivity contribution in [2.24, 2.45) is 5.92 Å². The summed E-state index contributed by atoms with van der Waals surface area (Å²) in [5.41, 5.74) is 0.465. The molecule has 8 heteroatoms. The van der Waals surface area contributed by atoms with E-state index >= 15 is 0 Å². The van der Waals surface area contributed by atoms with Crippen molar-refractivity contribution in [1.29, 1.82) is 0 Å². The highest BCUT2D eigenvalue weighted by Crippen LogP contribution is 2.19. The topological polar surface area (TPSA) is 87.3 Å². The normalized spacial score (nSPS) is 15.9. The lowest BCUT2D eigenvalue weighted by atomic mass is 9.96. The number of aromatic amines is 1. The van der Waals surface area contributed by atoms with Gasteiger partial charge in [0.1, 0.15) is 5.82 Å². The van der Waals surface area contributed by atoms with Gasteiger partial charge in [0.05, 0.1) is 23.6 Å². The molecule has 1 amide bonds. The van der Waals surface area contributed by atoms with Crippen LogP contribution >= 0.6 is 11.6 Å². The van der Waals surface area contributed by atoms with Gasteiger partial charge in [0.15, 0.2) is 0 Å². The van der Waals surface area contributed by atoms with Gasteiger partial charge < -0.3 is 15.0 Å². The van der Waals surface area contributed by atoms with Gasteiger partial charge in [0.2, 0.25) is 5.91 Å². The van der Waals surface area contributed by atoms with Gasteiger partial charge in [0.25, 0.3) is 5.56 Å². The zero-order chi connectivity index (χ0) is 20.8. The number of aromatic nitrogens is 2. The molecule has 1 aromatic carbocycles. The zero-order valence-corrected chi connectivity index (χ0v) is 17.8. The maximum atomic E-state index is 12.3. The second-order valence-electron chi connectivity index (χ2n) is 7.79. The van der Waals surface area contributed by atoms with Crippen molar-refractivity contribution >= 4 is 28.4 Å². The molecule has 1 aliphatic rings. The Hall–Kier alpha value is -1.96. The highest BCUT2D eigenvalue weighted by Gasteiger charge is 2.25. The lowest BCUT2D eigenvalue weighted by molar-refractivity contribution is -0.126. The molecule has 2 heterocycles. The standard InChI is InChI=1S/C21H29ClN4O3/c1-14(2)29-11-3-8-23-20(27)15-6-9-26(10-7-15)13-19-24-18-5-4-16(22)12-17(18)21(28)25-19/h4-5,12,14-15H,3,6-11,13H2,1-2H3,(H,23,27)(H,24,25,28). The number of ether oxygens (including phenoxy) is 1. The summed E-state index contributed by atoms with van der Waals surface area (Å²) >= 11 is 5.96. The van der Waals surface area contributed by atoms with Crippen molar-refractivity contribution in [3.05, 3.63) is 39.4 Å². The third-order valence-electron chi connectivity index (χ3n) is 5.12. The first-order chi connectivity index (χ1) is 13.9. The van der Waals surface area contributed by atoms with Crippen molar-refractivity contribution < 1.29 is 9.53 Å². The van der Waals surface area contributed by atoms with Crippen LogP contribution < -0.4 is 10.9 Å². The number of piperidine rings is 1. The minimum atomic E-state index is -0.178. The Balaban J connectivity index is 1.46. The van der Waals surface area contributed by atoms with Crippen molar-refractivity contribution in [2.45, 2.75) is 45.8 Å². The van der Waals surface area contributed by atoms with Crippen LogP contribution in [0.3, 0.4) is 0 Å². The third kappa shape index (κ3) is 6.26. The fourth-order valence-electron chi connectivity index (χ4n) is 3.55. The van der Waals surface area contributed by atoms with Gasteiger partial charge in [-0.25, -0.2) is 4.98 Å². The molecule has 3 rings (SSSR count). The maximum absolute atomic E-state index is 12.3. The Kier molecular flexibility index (Phi) is 7.64. The fraction of sp³-hybridized carbons (Fsp3) is 0.571. The van der Waals surface area contributed by atoms with E-state index in [4.69, 9.17) is 16.3 Å². The molecule has 1 fully saturated rings. The van der Waals surface area contributed by atoms with Gasteiger partial charge in [-0.05, 0) is 64.4 Å². The van der Waals surface area contributed by atoms with E-state index < -0.39 is 0 Å². The summed E-state index contributed by atoms with van der Waals surface area (Å²) < 4.78 is 5.49. The number of benzene rings is 1. The molecule has 0 radical (unpaired) electrons. The molecule has 0 saturated carbocycles. The van der Waals surface area contributed by atoms with Crippen LogP contribution in [0.5, 0.6) is 0 Å². The molecule has 7 nitrogen and oxygen atoms in total. The molecular weight excluding hydrogens is 392 g/mol. The Bertz CT molecular complexity index is 891. The molecule has 0 aliphatic carbocycles. The third-order valence-corrected chi connectivity index (χ3v) is 5.35. The summed E-state index contributed by atoms with van der Waals surface area (Å²) in [6.45, 7) is 7.50. The Labute approximate surface area is 175 Å². The number of fused-ring (bicyclic) bond motifs is 1. The molecule has 1 aliphatic heterocycles. The van der Waals surface area contributed by atoms with Crippen molar-refractivity contribution in [1.82, 2.24) is 20.2 Å². The molecule has 1 aromatic heterocycles. The largest absolute Gasteiger partial charge is 0.379 e. The van der Waals surface area contributed by atoms with E-state index in [-0.39, 0.29) is 23.5 Å². The summed E-state index contributed by atoms with van der Waals surface area (Å²) in [6.07, 6.45) is 2.67. The van der Waals surface area contributed by atoms with E-state index in [2.05, 4.69) is 20.2 Å². The van der Waals surface area contributed by atoms with E-state index in [1.54, 1.807) is 18.2 Å². The van der Waals surface area contributed by atoms with Gasteiger partial charge in [-0.1, -0.05) is 11.6 Å². The second kappa shape index (κ2) is 10.2. The first kappa shape index (κ1) is 21.7. The van der Waals surface area contributed by atoms with E-state index in [0.717, 1.165) is 32.4 Å². The number of carbonyl (C=O) groups excluding carboxylic acids is 1. The van der Waals surface area contributed by atoms with Crippen LogP contribution in [0.1, 0.15) is 38.9 Å². The number of likely N-dealkylation sites (tertiary alicyclic amines) is 1. The number of hydrogen-bond acceptors (Lipinski definition) is 5. The predicted octanol–water partition coefficient (Wildman–Crippen LogP) is 2.72. The highest BCUT2D eigenvalue weighted by atomic mass is 35.5. The molecule has 0 bridgehead atoms. The van der Waals surface area contributed by atoms with Crippen LogP contribution in [0.25, 0.3) is 10.9 Å². The summed E-state index contributed by atoms with van der Waals surface area (Å²) in [7, 11) is 0. The van der Waals surface area contributed by atoms with Gasteiger partial charge >= 0.3 is 0 Å². The smallest absolute Gasteiger partial charge is 0.258 e. The fourth-order valence-corrected chi connectivity index (χ4v) is 3.72. The summed E-state index contributed by atoms with van der Waals surface area (Å²) in [5, 5.41) is 4.03. The molecular formula is C21H29ClN4O3. The maximum Gasteiger partial charge on any atom is 0.258 e. The predicted molar refractivity (Wildman–Crippen MR) is 114 cm³/mol. The summed E-state index contributed by atoms with van der Waals surface area (Å²) in [6, 6.07) is 5.13. The van der Waals surface area contributed by atoms with Crippen molar-refractivity contribution in [3.63, 3.8) is 0 Å². The number of nitrogens with one attached hydrogen (secondary N) is 2. The number of rotatable bonds is 8. The lowest BCUT2D eigenvalue weighted by Gasteiger charge is -2.30. The second-order valence-corrected chi connectivity index (χ2v) is 8.23. The van der Waals surface area contributed by atoms with Crippen LogP contribution in [-0.4, -0.2) is 53.1 Å². The number of nitrogens with zero attached hydrogens (tertiary/aromatic N) is 2. The highest BCUT2D eigenvalue weighted by molar-refractivity contribution is 6.31. The van der Waals surface area contributed by atoms with Gasteiger partial charge in [0, 0.05) is 24.1 Å². The molecule has 29 heavy (non-hydrogen) atoms. The van der Waals surface area contributed by atoms with Crippen LogP contribution in [0.15, 0.2) is 23.0 Å². The Morgan fingerprint density at radius 3 is 2.86 bits per heavy atom. The quantitative estimate of drug-likeness (QED) is 0.641. The van der Waals surface area contributed by atoms with Gasteiger partial charge in [-0.15, -0.1) is 0 Å². The molecule has 158 valence electrons. The molecule has 0 spiro atoms. The van der Waals surface area contributed by atoms with Crippen LogP contribution in [-0.2, 0) is 16.1 Å². The summed E-state index contributed by atoms with van der Waals surface area (Å²) in [4.78, 5) is 34.2. The van der Waals surface area contributed by atoms with Gasteiger partial charge in [-0.2, -0.15) is 0 Å². The Morgan fingerprint density at radius 1 is 1.38 bits per heavy atom. The zero-order valence-electron chi connectivity index (χ0n) is 17.0.